The van der Waals surface area contributed by atoms with Crippen molar-refractivity contribution in [3.05, 3.63) is 29.8 Å². The number of carboxylic acid groups (broad SMARTS) is 1. The molecule has 0 aliphatic carbocycles. The number of benzene rings is 1. The van der Waals surface area contributed by atoms with Crippen LogP contribution in [0, 0.1) is 0 Å². The van der Waals surface area contributed by atoms with E-state index in [1.807, 2.05) is 11.8 Å². The number of hydrogen-bond acceptors (Lipinski definition) is 3. The Morgan fingerprint density at radius 3 is 3.00 bits per heavy atom. The number of hydrogen-bond donors (Lipinski definition) is 2. The van der Waals surface area contributed by atoms with E-state index in [4.69, 9.17) is 5.11 Å². The third-order valence-corrected chi connectivity index (χ3v) is 4.31. The van der Waals surface area contributed by atoms with Gasteiger partial charge in [-0.05, 0) is 23.8 Å². The molecule has 1 aliphatic rings. The molecule has 1 amide bonds. The van der Waals surface area contributed by atoms with Crippen LogP contribution in [-0.4, -0.2) is 41.0 Å². The lowest BCUT2D eigenvalue weighted by molar-refractivity contribution is 0.154. The zero-order chi connectivity index (χ0) is 13.7. The predicted molar refractivity (Wildman–Crippen MR) is 77.7 cm³/mol. The Balaban J connectivity index is 1.87. The molecule has 1 aromatic rings. The van der Waals surface area contributed by atoms with Gasteiger partial charge in [0, 0.05) is 30.6 Å². The number of thioether (sulfide) groups is 1. The molecule has 0 unspecified atom stereocenters. The summed E-state index contributed by atoms with van der Waals surface area (Å²) in [4.78, 5) is 13.6. The largest absolute Gasteiger partial charge is 0.465 e. The molecule has 1 fully saturated rings. The topological polar surface area (TPSA) is 52.6 Å². The third-order valence-electron chi connectivity index (χ3n) is 3.31. The van der Waals surface area contributed by atoms with E-state index < -0.39 is 6.09 Å². The Labute approximate surface area is 118 Å². The predicted octanol–water partition coefficient (Wildman–Crippen LogP) is 2.64. The average Bonchev–Trinajstić information content (AvgIpc) is 2.87. The molecule has 104 valence electrons. The molecule has 0 saturated carbocycles. The molecular weight excluding hydrogens is 260 g/mol. The van der Waals surface area contributed by atoms with Gasteiger partial charge in [0.1, 0.15) is 0 Å². The molecule has 5 heteroatoms. The fraction of sp³-hybridized carbons (Fsp3) is 0.500. The van der Waals surface area contributed by atoms with E-state index in [2.05, 4.69) is 36.5 Å². The van der Waals surface area contributed by atoms with Gasteiger partial charge in [-0.3, -0.25) is 0 Å². The lowest BCUT2D eigenvalue weighted by Crippen LogP contribution is -2.34. The van der Waals surface area contributed by atoms with Crippen LogP contribution in [0.25, 0.3) is 0 Å². The van der Waals surface area contributed by atoms with Crippen LogP contribution in [0.1, 0.15) is 18.9 Å². The van der Waals surface area contributed by atoms with Crippen molar-refractivity contribution in [1.29, 1.82) is 0 Å². The second-order valence-corrected chi connectivity index (χ2v) is 5.94. The summed E-state index contributed by atoms with van der Waals surface area (Å²) in [6.45, 7) is 4.19. The molecule has 1 atom stereocenters. The van der Waals surface area contributed by atoms with Gasteiger partial charge in [0.15, 0.2) is 0 Å². The van der Waals surface area contributed by atoms with Crippen LogP contribution in [-0.2, 0) is 6.54 Å². The summed E-state index contributed by atoms with van der Waals surface area (Å²) in [5, 5.41) is 12.4. The highest BCUT2D eigenvalue weighted by molar-refractivity contribution is 7.99. The van der Waals surface area contributed by atoms with Gasteiger partial charge in [0.2, 0.25) is 0 Å². The van der Waals surface area contributed by atoms with E-state index in [0.29, 0.717) is 13.1 Å². The van der Waals surface area contributed by atoms with E-state index in [9.17, 15) is 4.79 Å². The number of nitrogens with zero attached hydrogens (tertiary/aromatic N) is 1. The molecule has 0 spiro atoms. The molecule has 0 radical (unpaired) electrons. The maximum Gasteiger partial charge on any atom is 0.407 e. The van der Waals surface area contributed by atoms with E-state index in [0.717, 1.165) is 18.7 Å². The minimum Gasteiger partial charge on any atom is -0.465 e. The number of carbonyl (C=O) groups is 1. The van der Waals surface area contributed by atoms with E-state index in [-0.39, 0.29) is 6.04 Å². The maximum atomic E-state index is 10.9. The maximum absolute atomic E-state index is 10.9. The summed E-state index contributed by atoms with van der Waals surface area (Å²) in [7, 11) is 0. The Morgan fingerprint density at radius 2 is 2.32 bits per heavy atom. The lowest BCUT2D eigenvalue weighted by Gasteiger charge is -2.15. The van der Waals surface area contributed by atoms with E-state index in [1.165, 1.54) is 15.4 Å². The zero-order valence-electron chi connectivity index (χ0n) is 11.1. The number of nitrogens with one attached hydrogen (secondary N) is 1. The molecule has 1 saturated heterocycles. The van der Waals surface area contributed by atoms with Crippen LogP contribution in [0.3, 0.4) is 0 Å². The summed E-state index contributed by atoms with van der Waals surface area (Å²) in [6, 6.07) is 8.66. The van der Waals surface area contributed by atoms with Gasteiger partial charge in [-0.1, -0.05) is 25.1 Å². The molecule has 0 aromatic heterocycles. The normalized spacial score (nSPS) is 18.8. The molecule has 2 N–H and O–H groups in total. The molecule has 1 heterocycles. The highest BCUT2D eigenvalue weighted by Gasteiger charge is 2.25. The summed E-state index contributed by atoms with van der Waals surface area (Å²) < 4.78 is 0. The fourth-order valence-electron chi connectivity index (χ4n) is 2.30. The second-order valence-electron chi connectivity index (χ2n) is 4.64. The quantitative estimate of drug-likeness (QED) is 0.814. The van der Waals surface area contributed by atoms with Gasteiger partial charge in [-0.2, -0.15) is 0 Å². The van der Waals surface area contributed by atoms with Crippen LogP contribution in [0.5, 0.6) is 0 Å². The first-order valence-corrected chi connectivity index (χ1v) is 7.61. The highest BCUT2D eigenvalue weighted by Crippen LogP contribution is 2.22. The molecule has 19 heavy (non-hydrogen) atoms. The van der Waals surface area contributed by atoms with Crippen LogP contribution < -0.4 is 5.32 Å². The summed E-state index contributed by atoms with van der Waals surface area (Å²) in [6.07, 6.45) is 0.0845. The summed E-state index contributed by atoms with van der Waals surface area (Å²) in [5.74, 6) is 1.06. The van der Waals surface area contributed by atoms with Gasteiger partial charge in [0.05, 0.1) is 0 Å². The van der Waals surface area contributed by atoms with Gasteiger partial charge in [-0.25, -0.2) is 4.79 Å². The van der Waals surface area contributed by atoms with Crippen LogP contribution in [0.4, 0.5) is 4.79 Å². The van der Waals surface area contributed by atoms with E-state index >= 15 is 0 Å². The highest BCUT2D eigenvalue weighted by atomic mass is 32.2. The molecule has 2 rings (SSSR count). The number of rotatable bonds is 5. The standard InChI is InChI=1S/C14H20N2O2S/c1-2-19-13-6-4-3-5-11(13)9-15-12-7-8-16(10-12)14(17)18/h3-6,12,15H,2,7-10H2,1H3,(H,17,18)/t12-/m0/s1. The Bertz CT molecular complexity index is 439. The minimum atomic E-state index is -0.814. The van der Waals surface area contributed by atoms with Gasteiger partial charge in [0.25, 0.3) is 0 Å². The monoisotopic (exact) mass is 280 g/mol. The third kappa shape index (κ3) is 3.88. The van der Waals surface area contributed by atoms with Crippen LogP contribution in [0.2, 0.25) is 0 Å². The molecule has 0 bridgehead atoms. The SMILES string of the molecule is CCSc1ccccc1CN[C@H]1CCN(C(=O)O)C1. The zero-order valence-corrected chi connectivity index (χ0v) is 11.9. The Morgan fingerprint density at radius 1 is 1.53 bits per heavy atom. The van der Waals surface area contributed by atoms with Crippen molar-refractivity contribution in [3.8, 4) is 0 Å². The Hall–Kier alpha value is -1.20. The summed E-state index contributed by atoms with van der Waals surface area (Å²) in [5.41, 5.74) is 1.29. The fourth-order valence-corrected chi connectivity index (χ4v) is 3.11. The van der Waals surface area contributed by atoms with Crippen molar-refractivity contribution in [2.75, 3.05) is 18.8 Å². The lowest BCUT2D eigenvalue weighted by atomic mass is 10.2. The first kappa shape index (κ1) is 14.2. The second kappa shape index (κ2) is 6.82. The van der Waals surface area contributed by atoms with Gasteiger partial charge >= 0.3 is 6.09 Å². The van der Waals surface area contributed by atoms with Crippen molar-refractivity contribution < 1.29 is 9.90 Å². The molecule has 4 nitrogen and oxygen atoms in total. The number of likely N-dealkylation sites (tertiary alicyclic amines) is 1. The van der Waals surface area contributed by atoms with Gasteiger partial charge in [-0.15, -0.1) is 11.8 Å². The molecule has 1 aromatic carbocycles. The molecule has 1 aliphatic heterocycles. The minimum absolute atomic E-state index is 0.274. The van der Waals surface area contributed by atoms with Crippen molar-refractivity contribution in [1.82, 2.24) is 10.2 Å². The number of amides is 1. The van der Waals surface area contributed by atoms with Crippen LogP contribution >= 0.6 is 11.8 Å². The van der Waals surface area contributed by atoms with Crippen molar-refractivity contribution >= 4 is 17.9 Å². The smallest absolute Gasteiger partial charge is 0.407 e. The van der Waals surface area contributed by atoms with Crippen molar-refractivity contribution in [2.24, 2.45) is 0 Å². The first-order valence-electron chi connectivity index (χ1n) is 6.62. The van der Waals surface area contributed by atoms with Crippen molar-refractivity contribution in [3.63, 3.8) is 0 Å². The van der Waals surface area contributed by atoms with Gasteiger partial charge < -0.3 is 15.3 Å². The van der Waals surface area contributed by atoms with Crippen LogP contribution in [0.15, 0.2) is 29.2 Å². The average molecular weight is 280 g/mol. The molecular formula is C14H20N2O2S. The Kier molecular flexibility index (Phi) is 5.10. The van der Waals surface area contributed by atoms with Crippen molar-refractivity contribution in [2.45, 2.75) is 30.8 Å². The van der Waals surface area contributed by atoms with E-state index in [1.54, 1.807) is 0 Å². The first-order chi connectivity index (χ1) is 9.20. The summed E-state index contributed by atoms with van der Waals surface area (Å²) >= 11 is 1.85.